The lowest BCUT2D eigenvalue weighted by atomic mass is 10.2. The van der Waals surface area contributed by atoms with Gasteiger partial charge in [-0.3, -0.25) is 4.79 Å². The van der Waals surface area contributed by atoms with Gasteiger partial charge in [-0.1, -0.05) is 19.1 Å². The highest BCUT2D eigenvalue weighted by atomic mass is 32.2. The normalized spacial score (nSPS) is 12.9. The van der Waals surface area contributed by atoms with Crippen molar-refractivity contribution < 1.29 is 13.2 Å². The number of hydrogen-bond acceptors (Lipinski definition) is 4. The van der Waals surface area contributed by atoms with Crippen molar-refractivity contribution in [2.45, 2.75) is 38.4 Å². The van der Waals surface area contributed by atoms with Gasteiger partial charge in [0.25, 0.3) is 0 Å². The summed E-state index contributed by atoms with van der Waals surface area (Å²) in [5, 5.41) is 2.33. The fraction of sp³-hybridized carbons (Fsp3) is 0.500. The fourth-order valence-corrected chi connectivity index (χ4v) is 3.17. The molecule has 1 atom stereocenters. The Labute approximate surface area is 120 Å². The highest BCUT2D eigenvalue weighted by Gasteiger charge is 2.18. The quantitative estimate of drug-likeness (QED) is 0.755. The Morgan fingerprint density at radius 3 is 2.60 bits per heavy atom. The molecule has 1 unspecified atom stereocenters. The predicted molar refractivity (Wildman–Crippen MR) is 82.3 cm³/mol. The molecular weight excluding hydrogens is 276 g/mol. The SMILES string of the molecule is CCC(C)S(=O)(=O)CCCC(=O)Nc1ccccc1N. The van der Waals surface area contributed by atoms with Crippen molar-refractivity contribution >= 4 is 27.1 Å². The monoisotopic (exact) mass is 298 g/mol. The van der Waals surface area contributed by atoms with Gasteiger partial charge in [0, 0.05) is 6.42 Å². The van der Waals surface area contributed by atoms with Crippen molar-refractivity contribution in [3.05, 3.63) is 24.3 Å². The molecule has 3 N–H and O–H groups in total. The summed E-state index contributed by atoms with van der Waals surface area (Å²) < 4.78 is 23.6. The molecule has 1 amide bonds. The molecule has 0 aliphatic carbocycles. The minimum atomic E-state index is -3.09. The fourth-order valence-electron chi connectivity index (χ4n) is 1.71. The number of carbonyl (C=O) groups is 1. The van der Waals surface area contributed by atoms with Crippen molar-refractivity contribution in [1.82, 2.24) is 0 Å². The van der Waals surface area contributed by atoms with E-state index in [9.17, 15) is 13.2 Å². The highest BCUT2D eigenvalue weighted by Crippen LogP contribution is 2.17. The Hall–Kier alpha value is -1.56. The first-order chi connectivity index (χ1) is 9.36. The standard InChI is InChI=1S/C14H22N2O3S/c1-3-11(2)20(18,19)10-6-9-14(17)16-13-8-5-4-7-12(13)15/h4-5,7-8,11H,3,6,9-10,15H2,1-2H3,(H,16,17). The summed E-state index contributed by atoms with van der Waals surface area (Å²) in [5.41, 5.74) is 6.77. The third-order valence-corrected chi connectivity index (χ3v) is 5.67. The third-order valence-electron chi connectivity index (χ3n) is 3.26. The maximum Gasteiger partial charge on any atom is 0.224 e. The number of rotatable bonds is 7. The van der Waals surface area contributed by atoms with Crippen LogP contribution in [-0.4, -0.2) is 25.3 Å². The second-order valence-electron chi connectivity index (χ2n) is 4.82. The van der Waals surface area contributed by atoms with E-state index in [2.05, 4.69) is 5.32 Å². The first-order valence-corrected chi connectivity index (χ1v) is 8.44. The summed E-state index contributed by atoms with van der Waals surface area (Å²) in [6, 6.07) is 6.97. The molecule has 0 spiro atoms. The first kappa shape index (κ1) is 16.5. The van der Waals surface area contributed by atoms with Crippen LogP contribution >= 0.6 is 0 Å². The summed E-state index contributed by atoms with van der Waals surface area (Å²) in [5.74, 6) is -0.179. The molecule has 0 bridgehead atoms. The van der Waals surface area contributed by atoms with Crippen molar-refractivity contribution in [2.75, 3.05) is 16.8 Å². The number of nitrogens with two attached hydrogens (primary N) is 1. The number of nitrogen functional groups attached to an aromatic ring is 1. The molecule has 0 aromatic heterocycles. The molecule has 0 fully saturated rings. The van der Waals surface area contributed by atoms with Gasteiger partial charge in [-0.15, -0.1) is 0 Å². The van der Waals surface area contributed by atoms with Crippen LogP contribution in [0.4, 0.5) is 11.4 Å². The van der Waals surface area contributed by atoms with E-state index in [1.165, 1.54) is 0 Å². The van der Waals surface area contributed by atoms with Crippen LogP contribution in [0.25, 0.3) is 0 Å². The molecule has 0 radical (unpaired) electrons. The minimum Gasteiger partial charge on any atom is -0.397 e. The topological polar surface area (TPSA) is 89.3 Å². The van der Waals surface area contributed by atoms with Gasteiger partial charge in [0.15, 0.2) is 9.84 Å². The van der Waals surface area contributed by atoms with E-state index in [1.807, 2.05) is 6.92 Å². The van der Waals surface area contributed by atoms with Crippen LogP contribution in [0.15, 0.2) is 24.3 Å². The van der Waals surface area contributed by atoms with Gasteiger partial charge in [-0.05, 0) is 31.9 Å². The van der Waals surface area contributed by atoms with E-state index in [-0.39, 0.29) is 23.3 Å². The van der Waals surface area contributed by atoms with Crippen LogP contribution in [0.1, 0.15) is 33.1 Å². The van der Waals surface area contributed by atoms with Crippen molar-refractivity contribution in [3.8, 4) is 0 Å². The second kappa shape index (κ2) is 7.28. The average molecular weight is 298 g/mol. The minimum absolute atomic E-state index is 0.0414. The van der Waals surface area contributed by atoms with Gasteiger partial charge in [-0.2, -0.15) is 0 Å². The molecular formula is C14H22N2O3S. The van der Waals surface area contributed by atoms with Gasteiger partial charge < -0.3 is 11.1 Å². The van der Waals surface area contributed by atoms with E-state index in [4.69, 9.17) is 5.73 Å². The second-order valence-corrected chi connectivity index (χ2v) is 7.36. The third kappa shape index (κ3) is 4.85. The van der Waals surface area contributed by atoms with Gasteiger partial charge in [-0.25, -0.2) is 8.42 Å². The van der Waals surface area contributed by atoms with Crippen LogP contribution in [0, 0.1) is 0 Å². The lowest BCUT2D eigenvalue weighted by Crippen LogP contribution is -2.21. The van der Waals surface area contributed by atoms with Gasteiger partial charge in [0.1, 0.15) is 0 Å². The molecule has 1 aromatic carbocycles. The van der Waals surface area contributed by atoms with E-state index < -0.39 is 9.84 Å². The molecule has 0 aliphatic heterocycles. The van der Waals surface area contributed by atoms with Gasteiger partial charge >= 0.3 is 0 Å². The lowest BCUT2D eigenvalue weighted by molar-refractivity contribution is -0.116. The van der Waals surface area contributed by atoms with Crippen molar-refractivity contribution in [1.29, 1.82) is 0 Å². The van der Waals surface area contributed by atoms with E-state index in [1.54, 1.807) is 31.2 Å². The summed E-state index contributed by atoms with van der Waals surface area (Å²) in [7, 11) is -3.09. The van der Waals surface area contributed by atoms with Crippen LogP contribution < -0.4 is 11.1 Å². The summed E-state index contributed by atoms with van der Waals surface area (Å²) in [4.78, 5) is 11.7. The predicted octanol–water partition coefficient (Wildman–Crippen LogP) is 2.20. The molecule has 1 rings (SSSR count). The summed E-state index contributed by atoms with van der Waals surface area (Å²) in [6.07, 6.45) is 1.09. The number of carbonyl (C=O) groups excluding carboxylic acids is 1. The highest BCUT2D eigenvalue weighted by molar-refractivity contribution is 7.91. The Kier molecular flexibility index (Phi) is 6.01. The summed E-state index contributed by atoms with van der Waals surface area (Å²) in [6.45, 7) is 3.53. The molecule has 0 heterocycles. The number of anilines is 2. The molecule has 112 valence electrons. The molecule has 0 aliphatic rings. The van der Waals surface area contributed by atoms with Crippen LogP contribution in [-0.2, 0) is 14.6 Å². The zero-order valence-corrected chi connectivity index (χ0v) is 12.7. The molecule has 6 heteroatoms. The zero-order chi connectivity index (χ0) is 15.2. The average Bonchev–Trinajstić information content (AvgIpc) is 2.40. The molecule has 20 heavy (non-hydrogen) atoms. The zero-order valence-electron chi connectivity index (χ0n) is 11.9. The van der Waals surface area contributed by atoms with Crippen molar-refractivity contribution in [2.24, 2.45) is 0 Å². The first-order valence-electron chi connectivity index (χ1n) is 6.72. The Morgan fingerprint density at radius 2 is 2.00 bits per heavy atom. The van der Waals surface area contributed by atoms with Crippen molar-refractivity contribution in [3.63, 3.8) is 0 Å². The van der Waals surface area contributed by atoms with E-state index >= 15 is 0 Å². The van der Waals surface area contributed by atoms with E-state index in [0.717, 1.165) is 0 Å². The smallest absolute Gasteiger partial charge is 0.224 e. The van der Waals surface area contributed by atoms with Crippen LogP contribution in [0.2, 0.25) is 0 Å². The Bertz CT molecular complexity index is 555. The largest absolute Gasteiger partial charge is 0.397 e. The number of para-hydroxylation sites is 2. The Morgan fingerprint density at radius 1 is 1.35 bits per heavy atom. The maximum absolute atomic E-state index is 11.8. The summed E-state index contributed by atoms with van der Waals surface area (Å²) >= 11 is 0. The van der Waals surface area contributed by atoms with Crippen LogP contribution in [0.5, 0.6) is 0 Å². The molecule has 5 nitrogen and oxygen atoms in total. The number of benzene rings is 1. The lowest BCUT2D eigenvalue weighted by Gasteiger charge is -2.11. The van der Waals surface area contributed by atoms with E-state index in [0.29, 0.717) is 24.2 Å². The van der Waals surface area contributed by atoms with Gasteiger partial charge in [0.2, 0.25) is 5.91 Å². The molecule has 0 saturated heterocycles. The maximum atomic E-state index is 11.8. The van der Waals surface area contributed by atoms with Crippen LogP contribution in [0.3, 0.4) is 0 Å². The molecule has 1 aromatic rings. The number of amides is 1. The number of sulfone groups is 1. The number of hydrogen-bond donors (Lipinski definition) is 2. The molecule has 0 saturated carbocycles. The number of nitrogens with one attached hydrogen (secondary N) is 1. The Balaban J connectivity index is 2.44. The van der Waals surface area contributed by atoms with Gasteiger partial charge in [0.05, 0.1) is 22.4 Å².